The predicted octanol–water partition coefficient (Wildman–Crippen LogP) is 4.07. The number of aliphatic imine (C=N–C) groups is 1. The molecule has 0 radical (unpaired) electrons. The van der Waals surface area contributed by atoms with E-state index in [0.717, 1.165) is 27.9 Å². The quantitative estimate of drug-likeness (QED) is 0.787. The summed E-state index contributed by atoms with van der Waals surface area (Å²) in [5.74, 6) is 0.299. The van der Waals surface area contributed by atoms with Gasteiger partial charge in [0.05, 0.1) is 5.69 Å². The highest BCUT2D eigenvalue weighted by Crippen LogP contribution is 2.24. The van der Waals surface area contributed by atoms with Crippen molar-refractivity contribution >= 4 is 11.9 Å². The number of phenolic OH excluding ortho intramolecular Hbond substituents is 1. The monoisotopic (exact) mass is 239 g/mol. The maximum atomic E-state index is 9.92. The maximum absolute atomic E-state index is 9.92. The van der Waals surface area contributed by atoms with Crippen LogP contribution in [0.15, 0.2) is 41.4 Å². The van der Waals surface area contributed by atoms with E-state index in [4.69, 9.17) is 0 Å². The average molecular weight is 239 g/mol. The second-order valence-corrected chi connectivity index (χ2v) is 4.51. The molecule has 0 saturated heterocycles. The fourth-order valence-corrected chi connectivity index (χ4v) is 1.93. The van der Waals surface area contributed by atoms with E-state index in [1.54, 1.807) is 6.21 Å². The van der Waals surface area contributed by atoms with Crippen LogP contribution in [0, 0.1) is 20.8 Å². The minimum Gasteiger partial charge on any atom is -0.507 e. The summed E-state index contributed by atoms with van der Waals surface area (Å²) in [6.45, 7) is 5.96. The Morgan fingerprint density at radius 3 is 2.11 bits per heavy atom. The molecule has 2 aromatic rings. The van der Waals surface area contributed by atoms with Crippen molar-refractivity contribution in [3.63, 3.8) is 0 Å². The molecule has 2 heteroatoms. The van der Waals surface area contributed by atoms with Gasteiger partial charge in [-0.15, -0.1) is 0 Å². The van der Waals surface area contributed by atoms with E-state index in [2.05, 4.69) is 4.99 Å². The first-order valence-corrected chi connectivity index (χ1v) is 5.98. The molecule has 92 valence electrons. The zero-order chi connectivity index (χ0) is 13.1. The number of aryl methyl sites for hydroxylation is 3. The highest BCUT2D eigenvalue weighted by molar-refractivity contribution is 5.86. The topological polar surface area (TPSA) is 32.6 Å². The van der Waals surface area contributed by atoms with Crippen LogP contribution in [0.25, 0.3) is 0 Å². The van der Waals surface area contributed by atoms with Crippen LogP contribution in [0.3, 0.4) is 0 Å². The van der Waals surface area contributed by atoms with Gasteiger partial charge in [0.15, 0.2) is 0 Å². The van der Waals surface area contributed by atoms with Gasteiger partial charge < -0.3 is 5.11 Å². The molecule has 0 aliphatic rings. The third-order valence-corrected chi connectivity index (χ3v) is 3.04. The van der Waals surface area contributed by atoms with Crippen molar-refractivity contribution in [3.05, 3.63) is 58.7 Å². The number of aromatic hydroxyl groups is 1. The fraction of sp³-hybridized carbons (Fsp3) is 0.188. The molecule has 18 heavy (non-hydrogen) atoms. The minimum atomic E-state index is 0.299. The van der Waals surface area contributed by atoms with Crippen molar-refractivity contribution in [2.75, 3.05) is 0 Å². The van der Waals surface area contributed by atoms with Crippen LogP contribution in [0.1, 0.15) is 22.3 Å². The van der Waals surface area contributed by atoms with E-state index in [1.165, 1.54) is 0 Å². The highest BCUT2D eigenvalue weighted by atomic mass is 16.3. The van der Waals surface area contributed by atoms with E-state index in [-0.39, 0.29) is 0 Å². The molecular weight excluding hydrogens is 222 g/mol. The highest BCUT2D eigenvalue weighted by Gasteiger charge is 2.02. The molecule has 2 aromatic carbocycles. The van der Waals surface area contributed by atoms with Crippen molar-refractivity contribution in [2.24, 2.45) is 4.99 Å². The predicted molar refractivity (Wildman–Crippen MR) is 76.0 cm³/mol. The number of phenols is 1. The van der Waals surface area contributed by atoms with Crippen LogP contribution in [-0.4, -0.2) is 11.3 Å². The first-order chi connectivity index (χ1) is 8.59. The lowest BCUT2D eigenvalue weighted by atomic mass is 10.1. The standard InChI is InChI=1S/C16H17NO/c1-11-6-4-7-12(2)15(11)17-10-14-9-5-8-13(3)16(14)18/h4-10,18H,1-3H3. The molecule has 0 atom stereocenters. The van der Waals surface area contributed by atoms with Crippen LogP contribution >= 0.6 is 0 Å². The van der Waals surface area contributed by atoms with Crippen LogP contribution < -0.4 is 0 Å². The van der Waals surface area contributed by atoms with Gasteiger partial charge in [0.1, 0.15) is 5.75 Å². The summed E-state index contributed by atoms with van der Waals surface area (Å²) in [5.41, 5.74) is 4.85. The van der Waals surface area contributed by atoms with E-state index < -0.39 is 0 Å². The Bertz CT molecular complexity index is 580. The number of nitrogens with zero attached hydrogens (tertiary/aromatic N) is 1. The lowest BCUT2D eigenvalue weighted by molar-refractivity contribution is 0.470. The minimum absolute atomic E-state index is 0.299. The number of benzene rings is 2. The summed E-state index contributed by atoms with van der Waals surface area (Å²) >= 11 is 0. The normalized spacial score (nSPS) is 11.1. The van der Waals surface area contributed by atoms with Gasteiger partial charge in [0, 0.05) is 11.8 Å². The molecule has 0 spiro atoms. The summed E-state index contributed by atoms with van der Waals surface area (Å²) in [7, 11) is 0. The van der Waals surface area contributed by atoms with Crippen LogP contribution in [0.5, 0.6) is 5.75 Å². The molecule has 0 aromatic heterocycles. The lowest BCUT2D eigenvalue weighted by Crippen LogP contribution is -1.86. The molecule has 2 nitrogen and oxygen atoms in total. The molecule has 0 aliphatic carbocycles. The van der Waals surface area contributed by atoms with Crippen molar-refractivity contribution in [1.29, 1.82) is 0 Å². The van der Waals surface area contributed by atoms with E-state index in [9.17, 15) is 5.11 Å². The third kappa shape index (κ3) is 2.43. The number of hydrogen-bond acceptors (Lipinski definition) is 2. The average Bonchev–Trinajstić information content (AvgIpc) is 2.33. The molecule has 2 rings (SSSR count). The van der Waals surface area contributed by atoms with E-state index in [1.807, 2.05) is 57.2 Å². The van der Waals surface area contributed by atoms with Gasteiger partial charge in [-0.3, -0.25) is 4.99 Å². The Hall–Kier alpha value is -2.09. The second kappa shape index (κ2) is 5.05. The third-order valence-electron chi connectivity index (χ3n) is 3.04. The van der Waals surface area contributed by atoms with Crippen molar-refractivity contribution in [3.8, 4) is 5.75 Å². The van der Waals surface area contributed by atoms with Gasteiger partial charge in [-0.05, 0) is 43.5 Å². The molecule has 0 heterocycles. The molecule has 0 bridgehead atoms. The zero-order valence-corrected chi connectivity index (χ0v) is 10.9. The lowest BCUT2D eigenvalue weighted by Gasteiger charge is -2.05. The Kier molecular flexibility index (Phi) is 3.47. The number of hydrogen-bond donors (Lipinski definition) is 1. The zero-order valence-electron chi connectivity index (χ0n) is 10.9. The first kappa shape index (κ1) is 12.4. The first-order valence-electron chi connectivity index (χ1n) is 5.98. The fourth-order valence-electron chi connectivity index (χ4n) is 1.93. The summed E-state index contributed by atoms with van der Waals surface area (Å²) in [6.07, 6.45) is 1.72. The summed E-state index contributed by atoms with van der Waals surface area (Å²) in [5, 5.41) is 9.92. The Morgan fingerprint density at radius 2 is 1.44 bits per heavy atom. The Labute approximate surface area is 108 Å². The van der Waals surface area contributed by atoms with Gasteiger partial charge in [0.25, 0.3) is 0 Å². The molecule has 1 N–H and O–H groups in total. The molecule has 0 fully saturated rings. The molecule has 0 saturated carbocycles. The van der Waals surface area contributed by atoms with Gasteiger partial charge >= 0.3 is 0 Å². The van der Waals surface area contributed by atoms with Gasteiger partial charge in [-0.2, -0.15) is 0 Å². The maximum Gasteiger partial charge on any atom is 0.127 e. The van der Waals surface area contributed by atoms with Crippen LogP contribution in [0.4, 0.5) is 5.69 Å². The Balaban J connectivity index is 2.39. The SMILES string of the molecule is Cc1cccc(C=Nc2c(C)cccc2C)c1O. The number of para-hydroxylation sites is 2. The van der Waals surface area contributed by atoms with Crippen LogP contribution in [0.2, 0.25) is 0 Å². The van der Waals surface area contributed by atoms with Gasteiger partial charge in [0.2, 0.25) is 0 Å². The summed E-state index contributed by atoms with van der Waals surface area (Å²) in [6, 6.07) is 11.8. The van der Waals surface area contributed by atoms with Crippen molar-refractivity contribution in [2.45, 2.75) is 20.8 Å². The van der Waals surface area contributed by atoms with E-state index in [0.29, 0.717) is 5.75 Å². The molecule has 0 aliphatic heterocycles. The van der Waals surface area contributed by atoms with Crippen molar-refractivity contribution < 1.29 is 5.11 Å². The smallest absolute Gasteiger partial charge is 0.127 e. The summed E-state index contributed by atoms with van der Waals surface area (Å²) in [4.78, 5) is 4.49. The Morgan fingerprint density at radius 1 is 0.889 bits per heavy atom. The largest absolute Gasteiger partial charge is 0.507 e. The second-order valence-electron chi connectivity index (χ2n) is 4.51. The summed E-state index contributed by atoms with van der Waals surface area (Å²) < 4.78 is 0. The molecule has 0 amide bonds. The van der Waals surface area contributed by atoms with E-state index >= 15 is 0 Å². The van der Waals surface area contributed by atoms with Crippen LogP contribution in [-0.2, 0) is 0 Å². The molecule has 0 unspecified atom stereocenters. The van der Waals surface area contributed by atoms with Gasteiger partial charge in [-0.25, -0.2) is 0 Å². The molecular formula is C16H17NO. The van der Waals surface area contributed by atoms with Crippen molar-refractivity contribution in [1.82, 2.24) is 0 Å². The van der Waals surface area contributed by atoms with Gasteiger partial charge in [-0.1, -0.05) is 30.3 Å². The number of rotatable bonds is 2.